The van der Waals surface area contributed by atoms with Crippen molar-refractivity contribution in [3.8, 4) is 17.2 Å². The number of nitrogens with zero attached hydrogens (tertiary/aromatic N) is 3. The van der Waals surface area contributed by atoms with Crippen LogP contribution in [0.25, 0.3) is 22.4 Å². The molecule has 2 aromatic heterocycles. The van der Waals surface area contributed by atoms with Gasteiger partial charge in [0.1, 0.15) is 17.0 Å². The molecule has 1 atom stereocenters. The van der Waals surface area contributed by atoms with E-state index in [0.717, 1.165) is 11.6 Å². The lowest BCUT2D eigenvalue weighted by molar-refractivity contribution is -0.140. The first-order valence-electron chi connectivity index (χ1n) is 11.4. The van der Waals surface area contributed by atoms with Gasteiger partial charge in [-0.05, 0) is 36.8 Å². The Kier molecular flexibility index (Phi) is 7.46. The molecule has 11 heteroatoms. The molecule has 0 bridgehead atoms. The maximum absolute atomic E-state index is 13.6. The zero-order chi connectivity index (χ0) is 26.7. The van der Waals surface area contributed by atoms with Gasteiger partial charge < -0.3 is 24.9 Å². The Hall–Kier alpha value is -3.96. The van der Waals surface area contributed by atoms with Gasteiger partial charge in [0.05, 0.1) is 26.3 Å². The maximum Gasteiger partial charge on any atom is 0.433 e. The van der Waals surface area contributed by atoms with Crippen LogP contribution < -0.4 is 10.5 Å². The average molecular weight is 515 g/mol. The second-order valence-electron chi connectivity index (χ2n) is 8.21. The van der Waals surface area contributed by atoms with Crippen LogP contribution in [0.5, 0.6) is 5.75 Å². The highest BCUT2D eigenvalue weighted by atomic mass is 19.4. The summed E-state index contributed by atoms with van der Waals surface area (Å²) in [6, 6.07) is 14.0. The van der Waals surface area contributed by atoms with E-state index in [4.69, 9.17) is 14.9 Å². The number of methoxy groups -OCH3 is 1. The first kappa shape index (κ1) is 26.1. The van der Waals surface area contributed by atoms with Crippen LogP contribution in [0.15, 0.2) is 59.0 Å². The molecule has 4 aromatic rings. The van der Waals surface area contributed by atoms with Crippen LogP contribution in [0, 0.1) is 0 Å². The number of hydrogen-bond acceptors (Lipinski definition) is 7. The largest absolute Gasteiger partial charge is 0.494 e. The van der Waals surface area contributed by atoms with E-state index < -0.39 is 23.8 Å². The number of ether oxygens (including phenoxy) is 1. The van der Waals surface area contributed by atoms with Crippen molar-refractivity contribution in [3.63, 3.8) is 0 Å². The summed E-state index contributed by atoms with van der Waals surface area (Å²) in [5.74, 6) is -0.268. The van der Waals surface area contributed by atoms with Gasteiger partial charge >= 0.3 is 6.18 Å². The molecule has 194 valence electrons. The van der Waals surface area contributed by atoms with E-state index in [-0.39, 0.29) is 48.3 Å². The van der Waals surface area contributed by atoms with Gasteiger partial charge in [0.15, 0.2) is 11.5 Å². The van der Waals surface area contributed by atoms with E-state index in [1.54, 1.807) is 6.07 Å². The lowest BCUT2D eigenvalue weighted by Crippen LogP contribution is -2.36. The van der Waals surface area contributed by atoms with E-state index in [0.29, 0.717) is 10.9 Å². The molecule has 0 saturated heterocycles. The molecular formula is C26H25F3N4O4. The summed E-state index contributed by atoms with van der Waals surface area (Å²) < 4.78 is 50.9. The number of rotatable bonds is 8. The first-order valence-corrected chi connectivity index (χ1v) is 11.4. The van der Waals surface area contributed by atoms with Crippen molar-refractivity contribution in [1.29, 1.82) is 0 Å². The fourth-order valence-corrected chi connectivity index (χ4v) is 4.10. The minimum atomic E-state index is -4.64. The number of aliphatic hydroxyl groups is 1. The van der Waals surface area contributed by atoms with Gasteiger partial charge in [-0.25, -0.2) is 9.97 Å². The van der Waals surface area contributed by atoms with E-state index in [9.17, 15) is 23.1 Å². The van der Waals surface area contributed by atoms with Crippen LogP contribution in [-0.2, 0) is 12.7 Å². The quantitative estimate of drug-likeness (QED) is 0.354. The number of nitrogens with two attached hydrogens (primary N) is 1. The van der Waals surface area contributed by atoms with Gasteiger partial charge in [-0.2, -0.15) is 13.2 Å². The SMILES string of the molecule is COc1ccc(-c2nc(C(=O)N(CCO)[C@H](C)c3ccccc3)c(CN)o2)c2ccc(C(F)(F)F)nc12. The summed E-state index contributed by atoms with van der Waals surface area (Å²) in [5.41, 5.74) is 5.88. The minimum absolute atomic E-state index is 0.00526. The summed E-state index contributed by atoms with van der Waals surface area (Å²) >= 11 is 0. The smallest absolute Gasteiger partial charge is 0.433 e. The Labute approximate surface area is 210 Å². The molecule has 0 aliphatic carbocycles. The Morgan fingerprint density at radius 2 is 1.86 bits per heavy atom. The number of halogens is 3. The zero-order valence-corrected chi connectivity index (χ0v) is 20.1. The van der Waals surface area contributed by atoms with Gasteiger partial charge in [-0.3, -0.25) is 4.79 Å². The van der Waals surface area contributed by atoms with Gasteiger partial charge in [0.2, 0.25) is 5.89 Å². The molecule has 0 spiro atoms. The van der Waals surface area contributed by atoms with Crippen molar-refractivity contribution in [2.45, 2.75) is 25.7 Å². The van der Waals surface area contributed by atoms with Crippen molar-refractivity contribution in [2.24, 2.45) is 5.73 Å². The Balaban J connectivity index is 1.80. The van der Waals surface area contributed by atoms with Gasteiger partial charge in [-0.1, -0.05) is 30.3 Å². The molecule has 4 rings (SSSR count). The van der Waals surface area contributed by atoms with Crippen LogP contribution in [-0.4, -0.2) is 46.1 Å². The Bertz CT molecular complexity index is 1410. The molecule has 0 fully saturated rings. The highest BCUT2D eigenvalue weighted by molar-refractivity contribution is 5.98. The zero-order valence-electron chi connectivity index (χ0n) is 20.1. The standard InChI is InChI=1S/C26H25F3N4O4/c1-15(16-6-4-3-5-7-16)33(12-13-34)25(35)23-20(14-30)37-24(32-23)18-8-10-19(36-2)22-17(18)9-11-21(31-22)26(27,28)29/h3-11,15,34H,12-14,30H2,1-2H3/t15-/m1/s1. The number of pyridine rings is 1. The fourth-order valence-electron chi connectivity index (χ4n) is 4.10. The van der Waals surface area contributed by atoms with Crippen molar-refractivity contribution < 1.29 is 32.2 Å². The number of hydrogen-bond donors (Lipinski definition) is 2. The summed E-state index contributed by atoms with van der Waals surface area (Å²) in [5, 5.41) is 9.92. The first-order chi connectivity index (χ1) is 17.7. The maximum atomic E-state index is 13.6. The molecule has 2 aromatic carbocycles. The third-order valence-electron chi connectivity index (χ3n) is 6.00. The Morgan fingerprint density at radius 3 is 2.49 bits per heavy atom. The lowest BCUT2D eigenvalue weighted by Gasteiger charge is -2.28. The lowest BCUT2D eigenvalue weighted by atomic mass is 10.1. The molecule has 37 heavy (non-hydrogen) atoms. The van der Waals surface area contributed by atoms with Crippen LogP contribution in [0.3, 0.4) is 0 Å². The summed E-state index contributed by atoms with van der Waals surface area (Å²) in [6.45, 7) is 1.44. The Morgan fingerprint density at radius 1 is 1.14 bits per heavy atom. The van der Waals surface area contributed by atoms with Crippen molar-refractivity contribution >= 4 is 16.8 Å². The number of fused-ring (bicyclic) bond motifs is 1. The summed E-state index contributed by atoms with van der Waals surface area (Å²) in [4.78, 5) is 23.2. The highest BCUT2D eigenvalue weighted by Gasteiger charge is 2.33. The second kappa shape index (κ2) is 10.6. The predicted octanol–water partition coefficient (Wildman–Crippen LogP) is 4.57. The number of oxazole rings is 1. The molecule has 0 aliphatic rings. The van der Waals surface area contributed by atoms with E-state index in [2.05, 4.69) is 9.97 Å². The van der Waals surface area contributed by atoms with Crippen LogP contribution in [0.4, 0.5) is 13.2 Å². The molecule has 8 nitrogen and oxygen atoms in total. The van der Waals surface area contributed by atoms with Crippen molar-refractivity contribution in [3.05, 3.63) is 77.3 Å². The number of carbonyl (C=O) groups excluding carboxylic acids is 1. The van der Waals surface area contributed by atoms with E-state index in [1.165, 1.54) is 24.1 Å². The molecular weight excluding hydrogens is 489 g/mol. The van der Waals surface area contributed by atoms with Crippen molar-refractivity contribution in [1.82, 2.24) is 14.9 Å². The van der Waals surface area contributed by atoms with Gasteiger partial charge in [0.25, 0.3) is 5.91 Å². The predicted molar refractivity (Wildman–Crippen MR) is 130 cm³/mol. The molecule has 2 heterocycles. The normalized spacial score (nSPS) is 12.5. The third kappa shape index (κ3) is 5.13. The number of benzene rings is 2. The van der Waals surface area contributed by atoms with Gasteiger partial charge in [0, 0.05) is 17.5 Å². The fraction of sp³-hybridized carbons (Fsp3) is 0.269. The molecule has 1 amide bonds. The number of aliphatic hydroxyl groups excluding tert-OH is 1. The average Bonchev–Trinajstić information content (AvgIpc) is 3.34. The van der Waals surface area contributed by atoms with E-state index >= 15 is 0 Å². The summed E-state index contributed by atoms with van der Waals surface area (Å²) in [6.07, 6.45) is -4.64. The molecule has 0 aliphatic heterocycles. The third-order valence-corrected chi connectivity index (χ3v) is 6.00. The summed E-state index contributed by atoms with van der Waals surface area (Å²) in [7, 11) is 1.33. The highest BCUT2D eigenvalue weighted by Crippen LogP contribution is 2.37. The van der Waals surface area contributed by atoms with Gasteiger partial charge in [-0.15, -0.1) is 0 Å². The number of carbonyl (C=O) groups is 1. The number of aromatic nitrogens is 2. The molecule has 0 radical (unpaired) electrons. The molecule has 0 saturated carbocycles. The minimum Gasteiger partial charge on any atom is -0.494 e. The number of alkyl halides is 3. The molecule has 3 N–H and O–H groups in total. The second-order valence-corrected chi connectivity index (χ2v) is 8.21. The van der Waals surface area contributed by atoms with Crippen LogP contribution in [0.2, 0.25) is 0 Å². The van der Waals surface area contributed by atoms with Crippen LogP contribution in [0.1, 0.15) is 40.5 Å². The van der Waals surface area contributed by atoms with E-state index in [1.807, 2.05) is 37.3 Å². The molecule has 0 unspecified atom stereocenters. The number of amides is 1. The monoisotopic (exact) mass is 514 g/mol. The van der Waals surface area contributed by atoms with Crippen molar-refractivity contribution in [2.75, 3.05) is 20.3 Å². The van der Waals surface area contributed by atoms with Crippen LogP contribution >= 0.6 is 0 Å². The topological polar surface area (TPSA) is 115 Å².